The van der Waals surface area contributed by atoms with Gasteiger partial charge >= 0.3 is 0 Å². The van der Waals surface area contributed by atoms with Gasteiger partial charge in [0.05, 0.1) is 16.1 Å². The van der Waals surface area contributed by atoms with Crippen LogP contribution < -0.4 is 0 Å². The van der Waals surface area contributed by atoms with Gasteiger partial charge in [-0.15, -0.1) is 0 Å². The van der Waals surface area contributed by atoms with Crippen molar-refractivity contribution in [2.75, 3.05) is 6.61 Å². The number of ether oxygens (including phenoxy) is 1. The molecule has 0 bridgehead atoms. The van der Waals surface area contributed by atoms with Crippen molar-refractivity contribution in [3.63, 3.8) is 0 Å². The van der Waals surface area contributed by atoms with Crippen LogP contribution >= 0.6 is 15.9 Å². The molecule has 1 aromatic rings. The average Bonchev–Trinajstić information content (AvgIpc) is 2.76. The number of benzene rings is 1. The second-order valence-corrected chi connectivity index (χ2v) is 4.86. The van der Waals surface area contributed by atoms with Crippen molar-refractivity contribution in [1.82, 2.24) is 0 Å². The first-order valence-corrected chi connectivity index (χ1v) is 6.16. The maximum absolute atomic E-state index is 13.5. The summed E-state index contributed by atoms with van der Waals surface area (Å²) >= 11 is 2.87. The molecular formula is C12H11BrF2O2. The summed E-state index contributed by atoms with van der Waals surface area (Å²) in [6, 6.07) is 1.90. The topological polar surface area (TPSA) is 26.3 Å². The lowest BCUT2D eigenvalue weighted by molar-refractivity contribution is 0.0772. The zero-order chi connectivity index (χ0) is 12.4. The van der Waals surface area contributed by atoms with Gasteiger partial charge < -0.3 is 4.74 Å². The Morgan fingerprint density at radius 3 is 2.82 bits per heavy atom. The Balaban J connectivity index is 2.15. The van der Waals surface area contributed by atoms with Crippen LogP contribution in [0.15, 0.2) is 16.6 Å². The van der Waals surface area contributed by atoms with E-state index in [2.05, 4.69) is 15.9 Å². The van der Waals surface area contributed by atoms with Crippen LogP contribution in [0.5, 0.6) is 0 Å². The molecule has 0 aromatic heterocycles. The van der Waals surface area contributed by atoms with Gasteiger partial charge in [0.1, 0.15) is 11.6 Å². The molecule has 0 spiro atoms. The minimum absolute atomic E-state index is 0.0173. The maximum Gasteiger partial charge on any atom is 0.168 e. The van der Waals surface area contributed by atoms with Crippen LogP contribution in [-0.4, -0.2) is 18.5 Å². The minimum Gasteiger partial charge on any atom is -0.378 e. The fraction of sp³-hybridized carbons (Fsp3) is 0.417. The van der Waals surface area contributed by atoms with E-state index in [0.29, 0.717) is 6.61 Å². The van der Waals surface area contributed by atoms with Crippen molar-refractivity contribution in [2.24, 2.45) is 0 Å². The summed E-state index contributed by atoms with van der Waals surface area (Å²) < 4.78 is 32.0. The third-order valence-electron chi connectivity index (χ3n) is 2.75. The molecule has 1 heterocycles. The molecular weight excluding hydrogens is 294 g/mol. The molecule has 1 aliphatic rings. The van der Waals surface area contributed by atoms with Crippen LogP contribution in [0, 0.1) is 11.6 Å². The number of carbonyl (C=O) groups excluding carboxylic acids is 1. The van der Waals surface area contributed by atoms with E-state index in [-0.39, 0.29) is 22.6 Å². The van der Waals surface area contributed by atoms with Crippen LogP contribution in [0.1, 0.15) is 29.6 Å². The summed E-state index contributed by atoms with van der Waals surface area (Å²) in [4.78, 5) is 11.8. The van der Waals surface area contributed by atoms with Crippen LogP contribution in [0.4, 0.5) is 8.78 Å². The zero-order valence-corrected chi connectivity index (χ0v) is 10.6. The fourth-order valence-electron chi connectivity index (χ4n) is 1.86. The van der Waals surface area contributed by atoms with Crippen LogP contribution in [-0.2, 0) is 4.74 Å². The molecule has 0 saturated carbocycles. The summed E-state index contributed by atoms with van der Waals surface area (Å²) in [6.07, 6.45) is 1.66. The SMILES string of the molecule is O=C(CC1CCCO1)c1cc(F)c(Br)cc1F. The molecule has 1 atom stereocenters. The quantitative estimate of drug-likeness (QED) is 0.631. The van der Waals surface area contributed by atoms with Gasteiger partial charge in [0, 0.05) is 13.0 Å². The monoisotopic (exact) mass is 304 g/mol. The lowest BCUT2D eigenvalue weighted by Gasteiger charge is -2.09. The summed E-state index contributed by atoms with van der Waals surface area (Å²) in [5.74, 6) is -1.76. The molecule has 2 nitrogen and oxygen atoms in total. The second kappa shape index (κ2) is 5.23. The fourth-order valence-corrected chi connectivity index (χ4v) is 2.17. The Bertz CT molecular complexity index is 442. The summed E-state index contributed by atoms with van der Waals surface area (Å²) in [7, 11) is 0. The summed E-state index contributed by atoms with van der Waals surface area (Å²) in [5, 5.41) is 0. The Kier molecular flexibility index (Phi) is 3.89. The van der Waals surface area contributed by atoms with Gasteiger partial charge in [-0.3, -0.25) is 4.79 Å². The first-order chi connectivity index (χ1) is 8.08. The highest BCUT2D eigenvalue weighted by molar-refractivity contribution is 9.10. The highest BCUT2D eigenvalue weighted by Crippen LogP contribution is 2.23. The van der Waals surface area contributed by atoms with Crippen molar-refractivity contribution in [3.8, 4) is 0 Å². The Morgan fingerprint density at radius 2 is 2.18 bits per heavy atom. The number of halogens is 3. The average molecular weight is 305 g/mol. The molecule has 1 saturated heterocycles. The Hall–Kier alpha value is -0.810. The molecule has 1 unspecified atom stereocenters. The Labute approximate surface area is 106 Å². The van der Waals surface area contributed by atoms with Gasteiger partial charge in [0.2, 0.25) is 0 Å². The molecule has 1 aliphatic heterocycles. The maximum atomic E-state index is 13.5. The van der Waals surface area contributed by atoms with E-state index in [0.717, 1.165) is 25.0 Å². The lowest BCUT2D eigenvalue weighted by atomic mass is 10.0. The van der Waals surface area contributed by atoms with Gasteiger partial charge in [0.25, 0.3) is 0 Å². The largest absolute Gasteiger partial charge is 0.378 e. The van der Waals surface area contributed by atoms with Crippen molar-refractivity contribution in [2.45, 2.75) is 25.4 Å². The van der Waals surface area contributed by atoms with Gasteiger partial charge in [-0.05, 0) is 40.9 Å². The van der Waals surface area contributed by atoms with Crippen LogP contribution in [0.25, 0.3) is 0 Å². The molecule has 17 heavy (non-hydrogen) atoms. The predicted molar refractivity (Wildman–Crippen MR) is 62.0 cm³/mol. The van der Waals surface area contributed by atoms with Crippen molar-refractivity contribution in [3.05, 3.63) is 33.8 Å². The molecule has 0 aliphatic carbocycles. The van der Waals surface area contributed by atoms with Crippen molar-refractivity contribution in [1.29, 1.82) is 0 Å². The molecule has 0 N–H and O–H groups in total. The minimum atomic E-state index is -0.707. The van der Waals surface area contributed by atoms with Gasteiger partial charge in [0.15, 0.2) is 5.78 Å². The van der Waals surface area contributed by atoms with Crippen molar-refractivity contribution >= 4 is 21.7 Å². The smallest absolute Gasteiger partial charge is 0.168 e. The normalized spacial score (nSPS) is 19.6. The van der Waals surface area contributed by atoms with Gasteiger partial charge in [-0.1, -0.05) is 0 Å². The number of hydrogen-bond donors (Lipinski definition) is 0. The zero-order valence-electron chi connectivity index (χ0n) is 9.01. The van der Waals surface area contributed by atoms with E-state index < -0.39 is 17.4 Å². The van der Waals surface area contributed by atoms with E-state index in [4.69, 9.17) is 4.74 Å². The van der Waals surface area contributed by atoms with E-state index in [9.17, 15) is 13.6 Å². The van der Waals surface area contributed by atoms with E-state index in [1.165, 1.54) is 0 Å². The molecule has 5 heteroatoms. The van der Waals surface area contributed by atoms with Crippen LogP contribution in [0.2, 0.25) is 0 Å². The highest BCUT2D eigenvalue weighted by atomic mass is 79.9. The van der Waals surface area contributed by atoms with Crippen LogP contribution in [0.3, 0.4) is 0 Å². The number of rotatable bonds is 3. The van der Waals surface area contributed by atoms with E-state index >= 15 is 0 Å². The predicted octanol–water partition coefficient (Wildman–Crippen LogP) is 3.48. The number of hydrogen-bond acceptors (Lipinski definition) is 2. The molecule has 1 aromatic carbocycles. The molecule has 1 fully saturated rings. The third-order valence-corrected chi connectivity index (χ3v) is 3.36. The standard InChI is InChI=1S/C12H11BrF2O2/c13-9-6-10(14)8(5-11(9)15)12(16)4-7-2-1-3-17-7/h5-7H,1-4H2. The summed E-state index contributed by atoms with van der Waals surface area (Å²) in [6.45, 7) is 0.634. The van der Waals surface area contributed by atoms with Gasteiger partial charge in [-0.2, -0.15) is 0 Å². The first-order valence-electron chi connectivity index (χ1n) is 5.37. The molecule has 92 valence electrons. The van der Waals surface area contributed by atoms with E-state index in [1.807, 2.05) is 0 Å². The van der Waals surface area contributed by atoms with Crippen molar-refractivity contribution < 1.29 is 18.3 Å². The second-order valence-electron chi connectivity index (χ2n) is 4.01. The molecule has 0 radical (unpaired) electrons. The van der Waals surface area contributed by atoms with E-state index in [1.54, 1.807) is 0 Å². The lowest BCUT2D eigenvalue weighted by Crippen LogP contribution is -2.14. The third kappa shape index (κ3) is 2.90. The Morgan fingerprint density at radius 1 is 1.41 bits per heavy atom. The number of carbonyl (C=O) groups is 1. The highest BCUT2D eigenvalue weighted by Gasteiger charge is 2.22. The van der Waals surface area contributed by atoms with Gasteiger partial charge in [-0.25, -0.2) is 8.78 Å². The molecule has 0 amide bonds. The number of Topliss-reactive ketones (excluding diaryl/α,β-unsaturated/α-hetero) is 1. The number of ketones is 1. The molecule has 2 rings (SSSR count). The summed E-state index contributed by atoms with van der Waals surface area (Å²) in [5.41, 5.74) is -0.207. The first kappa shape index (κ1) is 12.6.